The van der Waals surface area contributed by atoms with Crippen LogP contribution in [0.25, 0.3) is 0 Å². The average molecular weight is 550 g/mol. The summed E-state index contributed by atoms with van der Waals surface area (Å²) in [5.41, 5.74) is 2.61. The summed E-state index contributed by atoms with van der Waals surface area (Å²) in [4.78, 5) is 17.6. The lowest BCUT2D eigenvalue weighted by molar-refractivity contribution is 0.102. The summed E-state index contributed by atoms with van der Waals surface area (Å²) >= 11 is 7.56. The number of hydrogen-bond acceptors (Lipinski definition) is 7. The molecule has 3 aromatic rings. The van der Waals surface area contributed by atoms with Crippen LogP contribution < -0.4 is 14.8 Å². The van der Waals surface area contributed by atoms with Gasteiger partial charge in [-0.3, -0.25) is 4.79 Å². The van der Waals surface area contributed by atoms with Gasteiger partial charge in [-0.25, -0.2) is 13.4 Å². The molecule has 0 unspecified atom stereocenters. The normalized spacial score (nSPS) is 15.0. The molecule has 2 heterocycles. The molecule has 0 atom stereocenters. The van der Waals surface area contributed by atoms with Crippen LogP contribution in [-0.2, 0) is 10.0 Å². The molecule has 0 bridgehead atoms. The molecule has 1 aliphatic heterocycles. The molecular formula is C25H28ClN3O5S2. The summed E-state index contributed by atoms with van der Waals surface area (Å²) in [5.74, 6) is 0.881. The van der Waals surface area contributed by atoms with Crippen molar-refractivity contribution >= 4 is 44.6 Å². The zero-order valence-corrected chi connectivity index (χ0v) is 22.9. The first kappa shape index (κ1) is 26.4. The SMILES string of the molecule is COc1cc(C)c(NC(=O)c2csc(C3CCN(S(=O)(=O)c4ccc(C)c(Cl)c4)CC3)n2)cc1OC. The Bertz CT molecular complexity index is 1380. The topological polar surface area (TPSA) is 97.8 Å². The number of aromatic nitrogens is 1. The minimum absolute atomic E-state index is 0.0902. The van der Waals surface area contributed by atoms with Crippen LogP contribution in [0.1, 0.15) is 45.4 Å². The molecule has 0 radical (unpaired) electrons. The Hall–Kier alpha value is -2.66. The van der Waals surface area contributed by atoms with Crippen molar-refractivity contribution in [3.05, 3.63) is 62.6 Å². The first-order valence-corrected chi connectivity index (χ1v) is 14.1. The number of halogens is 1. The maximum Gasteiger partial charge on any atom is 0.275 e. The minimum Gasteiger partial charge on any atom is -0.493 e. The largest absolute Gasteiger partial charge is 0.493 e. The Balaban J connectivity index is 1.41. The number of hydrogen-bond donors (Lipinski definition) is 1. The fourth-order valence-corrected chi connectivity index (χ4v) is 6.82. The van der Waals surface area contributed by atoms with E-state index in [4.69, 9.17) is 21.1 Å². The fraction of sp³-hybridized carbons (Fsp3) is 0.360. The van der Waals surface area contributed by atoms with Gasteiger partial charge in [-0.1, -0.05) is 17.7 Å². The molecule has 1 aromatic heterocycles. The van der Waals surface area contributed by atoms with E-state index < -0.39 is 10.0 Å². The number of sulfonamides is 1. The first-order valence-electron chi connectivity index (χ1n) is 11.4. The number of ether oxygens (including phenoxy) is 2. The molecule has 0 saturated carbocycles. The molecule has 0 aliphatic carbocycles. The maximum atomic E-state index is 13.1. The highest BCUT2D eigenvalue weighted by Crippen LogP contribution is 2.35. The summed E-state index contributed by atoms with van der Waals surface area (Å²) in [5, 5.41) is 5.89. The van der Waals surface area contributed by atoms with Crippen molar-refractivity contribution in [1.82, 2.24) is 9.29 Å². The van der Waals surface area contributed by atoms with Gasteiger partial charge in [0.1, 0.15) is 5.69 Å². The lowest BCUT2D eigenvalue weighted by Crippen LogP contribution is -2.37. The number of anilines is 1. The van der Waals surface area contributed by atoms with Crippen molar-refractivity contribution in [3.8, 4) is 11.5 Å². The third-order valence-electron chi connectivity index (χ3n) is 6.32. The van der Waals surface area contributed by atoms with Crippen LogP contribution in [0.3, 0.4) is 0 Å². The number of rotatable bonds is 7. The number of carbonyl (C=O) groups is 1. The van der Waals surface area contributed by atoms with E-state index in [0.29, 0.717) is 53.8 Å². The van der Waals surface area contributed by atoms with Crippen molar-refractivity contribution < 1.29 is 22.7 Å². The van der Waals surface area contributed by atoms with Crippen LogP contribution >= 0.6 is 22.9 Å². The van der Waals surface area contributed by atoms with Gasteiger partial charge in [0.15, 0.2) is 11.5 Å². The Morgan fingerprint density at radius 2 is 1.75 bits per heavy atom. The second kappa shape index (κ2) is 10.8. The van der Waals surface area contributed by atoms with Crippen molar-refractivity contribution in [1.29, 1.82) is 0 Å². The Morgan fingerprint density at radius 3 is 2.39 bits per heavy atom. The molecular weight excluding hydrogens is 522 g/mol. The number of benzene rings is 2. The molecule has 1 aliphatic rings. The van der Waals surface area contributed by atoms with Gasteiger partial charge in [-0.2, -0.15) is 4.31 Å². The minimum atomic E-state index is -3.62. The summed E-state index contributed by atoms with van der Waals surface area (Å²) < 4.78 is 38.2. The van der Waals surface area contributed by atoms with Gasteiger partial charge in [0, 0.05) is 41.2 Å². The predicted octanol–water partition coefficient (Wildman–Crippen LogP) is 5.25. The van der Waals surface area contributed by atoms with Crippen LogP contribution in [0, 0.1) is 13.8 Å². The monoisotopic (exact) mass is 549 g/mol. The van der Waals surface area contributed by atoms with E-state index in [9.17, 15) is 13.2 Å². The van der Waals surface area contributed by atoms with Gasteiger partial charge in [-0.05, 0) is 56.0 Å². The Labute approximate surface area is 220 Å². The predicted molar refractivity (Wildman–Crippen MR) is 141 cm³/mol. The first-order chi connectivity index (χ1) is 17.1. The number of nitrogens with zero attached hydrogens (tertiary/aromatic N) is 2. The molecule has 1 N–H and O–H groups in total. The molecule has 11 heteroatoms. The third kappa shape index (κ3) is 5.36. The van der Waals surface area contributed by atoms with Crippen molar-refractivity contribution in [3.63, 3.8) is 0 Å². The molecule has 36 heavy (non-hydrogen) atoms. The van der Waals surface area contributed by atoms with Crippen LogP contribution in [0.4, 0.5) is 5.69 Å². The van der Waals surface area contributed by atoms with Gasteiger partial charge in [0.2, 0.25) is 10.0 Å². The van der Waals surface area contributed by atoms with E-state index in [1.807, 2.05) is 13.8 Å². The molecule has 1 fully saturated rings. The zero-order chi connectivity index (χ0) is 26.0. The summed E-state index contributed by atoms with van der Waals surface area (Å²) in [6, 6.07) is 8.33. The maximum absolute atomic E-state index is 13.1. The van der Waals surface area contributed by atoms with Crippen LogP contribution in [0.5, 0.6) is 11.5 Å². The van der Waals surface area contributed by atoms with Crippen LogP contribution in [-0.4, -0.2) is 50.9 Å². The van der Waals surface area contributed by atoms with Crippen molar-refractivity contribution in [2.75, 3.05) is 32.6 Å². The third-order valence-corrected chi connectivity index (χ3v) is 9.63. The Morgan fingerprint density at radius 1 is 1.08 bits per heavy atom. The lowest BCUT2D eigenvalue weighted by atomic mass is 9.99. The Kier molecular flexibility index (Phi) is 7.89. The second-order valence-electron chi connectivity index (χ2n) is 8.64. The number of aryl methyl sites for hydroxylation is 2. The molecule has 2 aromatic carbocycles. The molecule has 4 rings (SSSR count). The molecule has 8 nitrogen and oxygen atoms in total. The van der Waals surface area contributed by atoms with Gasteiger partial charge in [0.25, 0.3) is 5.91 Å². The quantitative estimate of drug-likeness (QED) is 0.432. The molecule has 192 valence electrons. The number of thiazole rings is 1. The van der Waals surface area contributed by atoms with E-state index >= 15 is 0 Å². The number of nitrogens with one attached hydrogen (secondary N) is 1. The number of amides is 1. The van der Waals surface area contributed by atoms with Crippen LogP contribution in [0.15, 0.2) is 40.6 Å². The highest BCUT2D eigenvalue weighted by Gasteiger charge is 2.31. The standard InChI is InChI=1S/C25H28ClN3O5S2/c1-15-5-6-18(12-19(15)26)36(31,32)29-9-7-17(8-10-29)25-28-21(14-35-25)24(30)27-20-13-23(34-4)22(33-3)11-16(20)2/h5-6,11-14,17H,7-10H2,1-4H3,(H,27,30). The molecule has 1 saturated heterocycles. The average Bonchev–Trinajstić information content (AvgIpc) is 3.37. The van der Waals surface area contributed by atoms with Gasteiger partial charge < -0.3 is 14.8 Å². The van der Waals surface area contributed by atoms with E-state index in [2.05, 4.69) is 10.3 Å². The van der Waals surface area contributed by atoms with E-state index in [0.717, 1.165) is 16.1 Å². The molecule has 0 spiro atoms. The number of methoxy groups -OCH3 is 2. The van der Waals surface area contributed by atoms with E-state index in [1.165, 1.54) is 28.8 Å². The highest BCUT2D eigenvalue weighted by molar-refractivity contribution is 7.89. The second-order valence-corrected chi connectivity index (χ2v) is 11.9. The van der Waals surface area contributed by atoms with Crippen LogP contribution in [0.2, 0.25) is 5.02 Å². The number of carbonyl (C=O) groups excluding carboxylic acids is 1. The summed E-state index contributed by atoms with van der Waals surface area (Å²) in [6.45, 7) is 4.47. The smallest absolute Gasteiger partial charge is 0.275 e. The fourth-order valence-electron chi connectivity index (χ4n) is 4.11. The zero-order valence-electron chi connectivity index (χ0n) is 20.5. The summed E-state index contributed by atoms with van der Waals surface area (Å²) in [6.07, 6.45) is 1.25. The van der Waals surface area contributed by atoms with Gasteiger partial charge >= 0.3 is 0 Å². The lowest BCUT2D eigenvalue weighted by Gasteiger charge is -2.30. The van der Waals surface area contributed by atoms with Gasteiger partial charge in [0.05, 0.1) is 24.1 Å². The van der Waals surface area contributed by atoms with E-state index in [-0.39, 0.29) is 16.7 Å². The van der Waals surface area contributed by atoms with Crippen molar-refractivity contribution in [2.24, 2.45) is 0 Å². The van der Waals surface area contributed by atoms with Crippen molar-refractivity contribution in [2.45, 2.75) is 37.5 Å². The van der Waals surface area contributed by atoms with E-state index in [1.54, 1.807) is 36.8 Å². The van der Waals surface area contributed by atoms with Gasteiger partial charge in [-0.15, -0.1) is 11.3 Å². The number of piperidine rings is 1. The summed E-state index contributed by atoms with van der Waals surface area (Å²) in [7, 11) is -0.517. The molecule has 1 amide bonds. The highest BCUT2D eigenvalue weighted by atomic mass is 35.5.